The van der Waals surface area contributed by atoms with E-state index < -0.39 is 0 Å². The maximum atomic E-state index is 12.4. The number of carbonyl (C=O) groups is 1. The molecule has 0 aromatic rings. The van der Waals surface area contributed by atoms with E-state index >= 15 is 0 Å². The van der Waals surface area contributed by atoms with Gasteiger partial charge in [0, 0.05) is 18.0 Å². The summed E-state index contributed by atoms with van der Waals surface area (Å²) in [5, 5.41) is 3.28. The third-order valence-corrected chi connectivity index (χ3v) is 5.16. The first-order valence-corrected chi connectivity index (χ1v) is 8.12. The highest BCUT2D eigenvalue weighted by Gasteiger charge is 2.30. The average Bonchev–Trinajstić information content (AvgIpc) is 2.38. The first-order valence-electron chi connectivity index (χ1n) is 8.12. The molecule has 2 saturated carbocycles. The Morgan fingerprint density at radius 2 is 1.89 bits per heavy atom. The molecule has 3 nitrogen and oxygen atoms in total. The molecule has 0 aromatic heterocycles. The standard InChI is InChI=1S/C16H30N2O/c1-11-5-3-8-15(9-11)18-16(19)12(2)13-6-4-7-14(17)10-13/h11-15H,3-10,17H2,1-2H3,(H,18,19). The summed E-state index contributed by atoms with van der Waals surface area (Å²) in [7, 11) is 0. The molecule has 110 valence electrons. The molecule has 0 radical (unpaired) electrons. The van der Waals surface area contributed by atoms with Crippen molar-refractivity contribution in [1.29, 1.82) is 0 Å². The zero-order chi connectivity index (χ0) is 13.8. The Kier molecular flexibility index (Phi) is 5.26. The van der Waals surface area contributed by atoms with Crippen LogP contribution < -0.4 is 11.1 Å². The molecule has 19 heavy (non-hydrogen) atoms. The minimum Gasteiger partial charge on any atom is -0.353 e. The normalized spacial score (nSPS) is 37.6. The van der Waals surface area contributed by atoms with E-state index in [0.29, 0.717) is 18.0 Å². The van der Waals surface area contributed by atoms with Gasteiger partial charge in [0.05, 0.1) is 0 Å². The SMILES string of the molecule is CC1CCCC(NC(=O)C(C)C2CCCC(N)C2)C1. The van der Waals surface area contributed by atoms with Crippen molar-refractivity contribution < 1.29 is 4.79 Å². The summed E-state index contributed by atoms with van der Waals surface area (Å²) in [4.78, 5) is 12.4. The first kappa shape index (κ1) is 14.8. The predicted molar refractivity (Wildman–Crippen MR) is 78.7 cm³/mol. The van der Waals surface area contributed by atoms with E-state index in [1.165, 1.54) is 25.7 Å². The van der Waals surface area contributed by atoms with Gasteiger partial charge in [-0.2, -0.15) is 0 Å². The second-order valence-corrected chi connectivity index (χ2v) is 6.95. The Labute approximate surface area is 117 Å². The Balaban J connectivity index is 1.81. The molecule has 0 spiro atoms. The fourth-order valence-electron chi connectivity index (χ4n) is 3.83. The van der Waals surface area contributed by atoms with E-state index in [1.807, 2.05) is 0 Å². The number of carbonyl (C=O) groups excluding carboxylic acids is 1. The van der Waals surface area contributed by atoms with Gasteiger partial charge >= 0.3 is 0 Å². The minimum absolute atomic E-state index is 0.128. The molecule has 0 aliphatic heterocycles. The van der Waals surface area contributed by atoms with Crippen LogP contribution in [0.3, 0.4) is 0 Å². The van der Waals surface area contributed by atoms with Crippen molar-refractivity contribution >= 4 is 5.91 Å². The molecule has 1 amide bonds. The van der Waals surface area contributed by atoms with Crippen molar-refractivity contribution in [2.75, 3.05) is 0 Å². The van der Waals surface area contributed by atoms with Crippen LogP contribution in [0.25, 0.3) is 0 Å². The third kappa shape index (κ3) is 4.20. The molecule has 3 N–H and O–H groups in total. The lowest BCUT2D eigenvalue weighted by Gasteiger charge is -2.33. The molecule has 0 bridgehead atoms. The lowest BCUT2D eigenvalue weighted by molar-refractivity contribution is -0.127. The van der Waals surface area contributed by atoms with Gasteiger partial charge in [0.2, 0.25) is 5.91 Å². The number of hydrogen-bond acceptors (Lipinski definition) is 2. The monoisotopic (exact) mass is 266 g/mol. The summed E-state index contributed by atoms with van der Waals surface area (Å²) in [6.07, 6.45) is 9.40. The molecule has 0 heterocycles. The van der Waals surface area contributed by atoms with E-state index in [9.17, 15) is 4.79 Å². The largest absolute Gasteiger partial charge is 0.353 e. The summed E-state index contributed by atoms with van der Waals surface area (Å²) >= 11 is 0. The summed E-state index contributed by atoms with van der Waals surface area (Å²) in [6.45, 7) is 4.38. The minimum atomic E-state index is 0.128. The van der Waals surface area contributed by atoms with E-state index in [-0.39, 0.29) is 11.8 Å². The van der Waals surface area contributed by atoms with Crippen molar-refractivity contribution in [2.45, 2.75) is 77.3 Å². The molecule has 2 rings (SSSR count). The van der Waals surface area contributed by atoms with Crippen LogP contribution in [-0.4, -0.2) is 18.0 Å². The average molecular weight is 266 g/mol. The van der Waals surface area contributed by atoms with Gasteiger partial charge in [-0.15, -0.1) is 0 Å². The van der Waals surface area contributed by atoms with Crippen LogP contribution in [0, 0.1) is 17.8 Å². The van der Waals surface area contributed by atoms with Crippen LogP contribution >= 0.6 is 0 Å². The van der Waals surface area contributed by atoms with Crippen LogP contribution in [0.2, 0.25) is 0 Å². The zero-order valence-electron chi connectivity index (χ0n) is 12.5. The van der Waals surface area contributed by atoms with E-state index in [1.54, 1.807) is 0 Å². The second-order valence-electron chi connectivity index (χ2n) is 6.95. The maximum absolute atomic E-state index is 12.4. The summed E-state index contributed by atoms with van der Waals surface area (Å²) in [6, 6.07) is 0.722. The molecule has 0 aromatic carbocycles. The molecule has 3 heteroatoms. The van der Waals surface area contributed by atoms with Crippen molar-refractivity contribution in [1.82, 2.24) is 5.32 Å². The van der Waals surface area contributed by atoms with Gasteiger partial charge in [-0.25, -0.2) is 0 Å². The topological polar surface area (TPSA) is 55.1 Å². The Hall–Kier alpha value is -0.570. The second kappa shape index (κ2) is 6.74. The lowest BCUT2D eigenvalue weighted by atomic mass is 9.78. The Morgan fingerprint density at radius 1 is 1.16 bits per heavy atom. The van der Waals surface area contributed by atoms with Gasteiger partial charge in [0.15, 0.2) is 0 Å². The van der Waals surface area contributed by atoms with Crippen LogP contribution in [0.4, 0.5) is 0 Å². The van der Waals surface area contributed by atoms with Crippen LogP contribution in [-0.2, 0) is 4.79 Å². The van der Waals surface area contributed by atoms with E-state index in [0.717, 1.165) is 31.6 Å². The fraction of sp³-hybridized carbons (Fsp3) is 0.938. The van der Waals surface area contributed by atoms with Crippen molar-refractivity contribution in [2.24, 2.45) is 23.5 Å². The maximum Gasteiger partial charge on any atom is 0.223 e. The van der Waals surface area contributed by atoms with E-state index in [2.05, 4.69) is 19.2 Å². The van der Waals surface area contributed by atoms with Crippen LogP contribution in [0.5, 0.6) is 0 Å². The zero-order valence-corrected chi connectivity index (χ0v) is 12.5. The molecular formula is C16H30N2O. The molecule has 0 saturated heterocycles. The number of rotatable bonds is 3. The van der Waals surface area contributed by atoms with Gasteiger partial charge in [-0.1, -0.05) is 33.1 Å². The molecule has 5 atom stereocenters. The first-order chi connectivity index (χ1) is 9.06. The molecule has 5 unspecified atom stereocenters. The van der Waals surface area contributed by atoms with Crippen LogP contribution in [0.15, 0.2) is 0 Å². The molecule has 2 aliphatic rings. The molecule has 2 fully saturated rings. The quantitative estimate of drug-likeness (QED) is 0.825. The number of hydrogen-bond donors (Lipinski definition) is 2. The van der Waals surface area contributed by atoms with Crippen LogP contribution in [0.1, 0.15) is 65.2 Å². The summed E-state index contributed by atoms with van der Waals surface area (Å²) < 4.78 is 0. The Bertz CT molecular complexity index is 305. The summed E-state index contributed by atoms with van der Waals surface area (Å²) in [5.74, 6) is 1.64. The fourth-order valence-corrected chi connectivity index (χ4v) is 3.83. The van der Waals surface area contributed by atoms with Crippen molar-refractivity contribution in [3.63, 3.8) is 0 Å². The highest BCUT2D eigenvalue weighted by atomic mass is 16.1. The number of nitrogens with one attached hydrogen (secondary N) is 1. The van der Waals surface area contributed by atoms with Gasteiger partial charge in [-0.3, -0.25) is 4.79 Å². The third-order valence-electron chi connectivity index (χ3n) is 5.16. The van der Waals surface area contributed by atoms with Gasteiger partial charge in [0.25, 0.3) is 0 Å². The smallest absolute Gasteiger partial charge is 0.223 e. The van der Waals surface area contributed by atoms with Crippen molar-refractivity contribution in [3.8, 4) is 0 Å². The Morgan fingerprint density at radius 3 is 2.58 bits per heavy atom. The van der Waals surface area contributed by atoms with Crippen molar-refractivity contribution in [3.05, 3.63) is 0 Å². The molecular weight excluding hydrogens is 236 g/mol. The summed E-state index contributed by atoms with van der Waals surface area (Å²) in [5.41, 5.74) is 6.03. The highest BCUT2D eigenvalue weighted by molar-refractivity contribution is 5.78. The predicted octanol–water partition coefficient (Wildman–Crippen LogP) is 2.83. The number of nitrogens with two attached hydrogens (primary N) is 1. The molecule has 2 aliphatic carbocycles. The lowest BCUT2D eigenvalue weighted by Crippen LogP contribution is -2.43. The van der Waals surface area contributed by atoms with Gasteiger partial charge in [0.1, 0.15) is 0 Å². The van der Waals surface area contributed by atoms with Gasteiger partial charge in [-0.05, 0) is 43.9 Å². The number of amides is 1. The van der Waals surface area contributed by atoms with E-state index in [4.69, 9.17) is 5.73 Å². The van der Waals surface area contributed by atoms with Gasteiger partial charge < -0.3 is 11.1 Å². The highest BCUT2D eigenvalue weighted by Crippen LogP contribution is 2.30.